The third-order valence-corrected chi connectivity index (χ3v) is 3.96. The van der Waals surface area contributed by atoms with Gasteiger partial charge in [0, 0.05) is 5.54 Å². The Labute approximate surface area is 124 Å². The Morgan fingerprint density at radius 1 is 1.25 bits per heavy atom. The summed E-state index contributed by atoms with van der Waals surface area (Å²) in [4.78, 5) is 2.27. The van der Waals surface area contributed by atoms with E-state index in [0.717, 1.165) is 18.7 Å². The topological polar surface area (TPSA) is 24.5 Å². The first-order chi connectivity index (χ1) is 9.43. The normalized spacial score (nSPS) is 13.6. The SMILES string of the molecule is CCCNC(c1cccc(OCC)c1)C(C)(C)N(C)C. The number of benzene rings is 1. The second-order valence-corrected chi connectivity index (χ2v) is 5.94. The number of likely N-dealkylation sites (N-methyl/N-ethyl adjacent to an activating group) is 1. The van der Waals surface area contributed by atoms with Gasteiger partial charge in [-0.15, -0.1) is 0 Å². The van der Waals surface area contributed by atoms with Gasteiger partial charge in [-0.1, -0.05) is 19.1 Å². The van der Waals surface area contributed by atoms with E-state index in [-0.39, 0.29) is 11.6 Å². The molecule has 0 spiro atoms. The van der Waals surface area contributed by atoms with Crippen molar-refractivity contribution in [2.75, 3.05) is 27.2 Å². The standard InChI is InChI=1S/C17H30N2O/c1-7-12-18-16(17(3,4)19(5)6)14-10-9-11-15(13-14)20-8-2/h9-11,13,16,18H,7-8,12H2,1-6H3. The summed E-state index contributed by atoms with van der Waals surface area (Å²) < 4.78 is 5.63. The van der Waals surface area contributed by atoms with Crippen LogP contribution in [0.3, 0.4) is 0 Å². The summed E-state index contributed by atoms with van der Waals surface area (Å²) in [5.41, 5.74) is 1.31. The van der Waals surface area contributed by atoms with Crippen molar-refractivity contribution in [1.29, 1.82) is 0 Å². The minimum Gasteiger partial charge on any atom is -0.494 e. The molecule has 0 saturated carbocycles. The van der Waals surface area contributed by atoms with Crippen LogP contribution < -0.4 is 10.1 Å². The van der Waals surface area contributed by atoms with Crippen LogP contribution in [0.15, 0.2) is 24.3 Å². The highest BCUT2D eigenvalue weighted by Gasteiger charge is 2.32. The van der Waals surface area contributed by atoms with E-state index in [9.17, 15) is 0 Å². The van der Waals surface area contributed by atoms with Gasteiger partial charge < -0.3 is 15.0 Å². The van der Waals surface area contributed by atoms with E-state index in [1.807, 2.05) is 13.0 Å². The molecule has 114 valence electrons. The summed E-state index contributed by atoms with van der Waals surface area (Å²) in [6, 6.07) is 8.71. The van der Waals surface area contributed by atoms with Gasteiger partial charge in [0.1, 0.15) is 5.75 Å². The van der Waals surface area contributed by atoms with Gasteiger partial charge in [-0.3, -0.25) is 0 Å². The number of hydrogen-bond donors (Lipinski definition) is 1. The summed E-state index contributed by atoms with van der Waals surface area (Å²) in [6.45, 7) is 10.5. The number of nitrogens with zero attached hydrogens (tertiary/aromatic N) is 1. The zero-order chi connectivity index (χ0) is 15.2. The van der Waals surface area contributed by atoms with Crippen molar-refractivity contribution in [3.8, 4) is 5.75 Å². The molecule has 1 aromatic carbocycles. The Bertz CT molecular complexity index is 402. The maximum absolute atomic E-state index is 5.63. The van der Waals surface area contributed by atoms with Crippen LogP contribution >= 0.6 is 0 Å². The first kappa shape index (κ1) is 17.0. The average Bonchev–Trinajstić information content (AvgIpc) is 2.39. The molecule has 1 unspecified atom stereocenters. The van der Waals surface area contributed by atoms with Crippen molar-refractivity contribution >= 4 is 0 Å². The summed E-state index contributed by atoms with van der Waals surface area (Å²) in [5, 5.41) is 3.68. The van der Waals surface area contributed by atoms with Crippen LogP contribution in [0.4, 0.5) is 0 Å². The molecule has 1 rings (SSSR count). The molecule has 0 aliphatic rings. The number of ether oxygens (including phenoxy) is 1. The van der Waals surface area contributed by atoms with Gasteiger partial charge in [0.15, 0.2) is 0 Å². The molecule has 1 atom stereocenters. The highest BCUT2D eigenvalue weighted by atomic mass is 16.5. The van der Waals surface area contributed by atoms with Gasteiger partial charge in [0.2, 0.25) is 0 Å². The van der Waals surface area contributed by atoms with Crippen molar-refractivity contribution in [3.05, 3.63) is 29.8 Å². The van der Waals surface area contributed by atoms with Crippen molar-refractivity contribution in [2.24, 2.45) is 0 Å². The van der Waals surface area contributed by atoms with E-state index < -0.39 is 0 Å². The van der Waals surface area contributed by atoms with Gasteiger partial charge in [0.05, 0.1) is 12.6 Å². The van der Waals surface area contributed by atoms with Gasteiger partial charge >= 0.3 is 0 Å². The maximum Gasteiger partial charge on any atom is 0.119 e. The Kier molecular flexibility index (Phi) is 6.50. The molecule has 0 amide bonds. The summed E-state index contributed by atoms with van der Waals surface area (Å²) in [6.07, 6.45) is 1.13. The second-order valence-electron chi connectivity index (χ2n) is 5.94. The fraction of sp³-hybridized carbons (Fsp3) is 0.647. The van der Waals surface area contributed by atoms with E-state index in [1.54, 1.807) is 0 Å². The first-order valence-corrected chi connectivity index (χ1v) is 7.57. The molecule has 0 aromatic heterocycles. The van der Waals surface area contributed by atoms with Crippen LogP contribution in [0.2, 0.25) is 0 Å². The Hall–Kier alpha value is -1.06. The van der Waals surface area contributed by atoms with E-state index in [2.05, 4.69) is 63.3 Å². The minimum absolute atomic E-state index is 0.0278. The lowest BCUT2D eigenvalue weighted by atomic mass is 9.87. The van der Waals surface area contributed by atoms with Crippen LogP contribution in [0.1, 0.15) is 45.7 Å². The molecule has 3 nitrogen and oxygen atoms in total. The lowest BCUT2D eigenvalue weighted by Gasteiger charge is -2.41. The predicted molar refractivity (Wildman–Crippen MR) is 86.4 cm³/mol. The van der Waals surface area contributed by atoms with Crippen LogP contribution in [-0.2, 0) is 0 Å². The highest BCUT2D eigenvalue weighted by molar-refractivity contribution is 5.32. The highest BCUT2D eigenvalue weighted by Crippen LogP contribution is 2.31. The molecule has 1 aromatic rings. The first-order valence-electron chi connectivity index (χ1n) is 7.57. The van der Waals surface area contributed by atoms with Gasteiger partial charge in [0.25, 0.3) is 0 Å². The molecule has 0 bridgehead atoms. The van der Waals surface area contributed by atoms with E-state index >= 15 is 0 Å². The molecule has 0 aliphatic carbocycles. The van der Waals surface area contributed by atoms with Crippen LogP contribution in [0, 0.1) is 0 Å². The molecular weight excluding hydrogens is 248 g/mol. The molecule has 0 heterocycles. The van der Waals surface area contributed by atoms with Gasteiger partial charge in [-0.25, -0.2) is 0 Å². The fourth-order valence-corrected chi connectivity index (χ4v) is 2.27. The lowest BCUT2D eigenvalue weighted by molar-refractivity contribution is 0.138. The Balaban J connectivity index is 3.06. The zero-order valence-corrected chi connectivity index (χ0v) is 13.9. The van der Waals surface area contributed by atoms with Gasteiger partial charge in [-0.05, 0) is 65.5 Å². The smallest absolute Gasteiger partial charge is 0.119 e. The monoisotopic (exact) mass is 278 g/mol. The largest absolute Gasteiger partial charge is 0.494 e. The average molecular weight is 278 g/mol. The summed E-state index contributed by atoms with van der Waals surface area (Å²) >= 11 is 0. The van der Waals surface area contributed by atoms with Crippen LogP contribution in [0.25, 0.3) is 0 Å². The number of rotatable bonds is 8. The summed E-state index contributed by atoms with van der Waals surface area (Å²) in [5.74, 6) is 0.947. The molecule has 0 radical (unpaired) electrons. The van der Waals surface area contributed by atoms with Crippen LogP contribution in [-0.4, -0.2) is 37.7 Å². The molecule has 1 N–H and O–H groups in total. The summed E-state index contributed by atoms with van der Waals surface area (Å²) in [7, 11) is 4.26. The molecular formula is C17H30N2O. The van der Waals surface area contributed by atoms with Gasteiger partial charge in [-0.2, -0.15) is 0 Å². The minimum atomic E-state index is 0.0278. The Morgan fingerprint density at radius 2 is 1.95 bits per heavy atom. The second kappa shape index (κ2) is 7.65. The number of nitrogens with one attached hydrogen (secondary N) is 1. The third-order valence-electron chi connectivity index (χ3n) is 3.96. The fourth-order valence-electron chi connectivity index (χ4n) is 2.27. The van der Waals surface area contributed by atoms with Crippen molar-refractivity contribution in [2.45, 2.75) is 45.7 Å². The quantitative estimate of drug-likeness (QED) is 0.788. The van der Waals surface area contributed by atoms with Crippen molar-refractivity contribution < 1.29 is 4.74 Å². The van der Waals surface area contributed by atoms with Crippen LogP contribution in [0.5, 0.6) is 5.75 Å². The predicted octanol–water partition coefficient (Wildman–Crippen LogP) is 3.47. The van der Waals surface area contributed by atoms with Crippen molar-refractivity contribution in [3.63, 3.8) is 0 Å². The van der Waals surface area contributed by atoms with E-state index in [1.165, 1.54) is 5.56 Å². The molecule has 20 heavy (non-hydrogen) atoms. The molecule has 0 fully saturated rings. The molecule has 0 saturated heterocycles. The zero-order valence-electron chi connectivity index (χ0n) is 13.9. The Morgan fingerprint density at radius 3 is 2.50 bits per heavy atom. The van der Waals surface area contributed by atoms with E-state index in [4.69, 9.17) is 4.74 Å². The lowest BCUT2D eigenvalue weighted by Crippen LogP contribution is -2.49. The van der Waals surface area contributed by atoms with E-state index in [0.29, 0.717) is 6.61 Å². The third kappa shape index (κ3) is 4.22. The maximum atomic E-state index is 5.63. The van der Waals surface area contributed by atoms with Crippen molar-refractivity contribution in [1.82, 2.24) is 10.2 Å². The molecule has 3 heteroatoms. The molecule has 0 aliphatic heterocycles. The number of hydrogen-bond acceptors (Lipinski definition) is 3.